The van der Waals surface area contributed by atoms with Crippen LogP contribution < -0.4 is 11.1 Å². The molecule has 0 unspecified atom stereocenters. The van der Waals surface area contributed by atoms with Crippen LogP contribution in [0.1, 0.15) is 30.9 Å². The third kappa shape index (κ3) is 6.31. The number of nitrogens with one attached hydrogen (secondary N) is 1. The van der Waals surface area contributed by atoms with Crippen LogP contribution in [-0.4, -0.2) is 24.1 Å². The molecule has 5 heteroatoms. The number of benzene rings is 1. The molecule has 104 valence electrons. The largest absolute Gasteiger partial charge is 0.389 e. The SMILES string of the molecule is CCCOCCC(=O)NCc1ccc(C(N)=S)cc1. The van der Waals surface area contributed by atoms with Crippen LogP contribution in [0.15, 0.2) is 24.3 Å². The lowest BCUT2D eigenvalue weighted by atomic mass is 10.1. The summed E-state index contributed by atoms with van der Waals surface area (Å²) in [6, 6.07) is 7.52. The van der Waals surface area contributed by atoms with Gasteiger partial charge in [-0.3, -0.25) is 4.79 Å². The fraction of sp³-hybridized carbons (Fsp3) is 0.429. The highest BCUT2D eigenvalue weighted by Crippen LogP contribution is 2.04. The normalized spacial score (nSPS) is 10.2. The van der Waals surface area contributed by atoms with Gasteiger partial charge in [0.05, 0.1) is 6.61 Å². The minimum atomic E-state index is -0.00507. The Balaban J connectivity index is 2.28. The van der Waals surface area contributed by atoms with Crippen molar-refractivity contribution in [2.45, 2.75) is 26.3 Å². The maximum Gasteiger partial charge on any atom is 0.222 e. The number of rotatable bonds is 8. The Morgan fingerprint density at radius 2 is 2.00 bits per heavy atom. The van der Waals surface area contributed by atoms with Crippen LogP contribution in [0, 0.1) is 0 Å². The Hall–Kier alpha value is -1.46. The van der Waals surface area contributed by atoms with Gasteiger partial charge >= 0.3 is 0 Å². The van der Waals surface area contributed by atoms with Gasteiger partial charge in [0.2, 0.25) is 5.91 Å². The van der Waals surface area contributed by atoms with Crippen molar-refractivity contribution in [1.82, 2.24) is 5.32 Å². The van der Waals surface area contributed by atoms with Gasteiger partial charge in [-0.1, -0.05) is 43.4 Å². The van der Waals surface area contributed by atoms with E-state index in [4.69, 9.17) is 22.7 Å². The third-order valence-electron chi connectivity index (χ3n) is 2.55. The van der Waals surface area contributed by atoms with E-state index in [1.807, 2.05) is 31.2 Å². The number of carbonyl (C=O) groups is 1. The molecular formula is C14H20N2O2S. The molecule has 0 fully saturated rings. The van der Waals surface area contributed by atoms with E-state index in [0.717, 1.165) is 17.5 Å². The average molecular weight is 280 g/mol. The first-order chi connectivity index (χ1) is 9.13. The molecule has 0 aliphatic rings. The monoisotopic (exact) mass is 280 g/mol. The molecule has 19 heavy (non-hydrogen) atoms. The number of ether oxygens (including phenoxy) is 1. The van der Waals surface area contributed by atoms with Crippen LogP contribution in [0.4, 0.5) is 0 Å². The molecule has 0 radical (unpaired) electrons. The van der Waals surface area contributed by atoms with E-state index in [0.29, 0.717) is 31.2 Å². The number of hydrogen-bond acceptors (Lipinski definition) is 3. The molecule has 0 atom stereocenters. The highest BCUT2D eigenvalue weighted by molar-refractivity contribution is 7.80. The molecule has 0 aromatic heterocycles. The number of carbonyl (C=O) groups excluding carboxylic acids is 1. The fourth-order valence-corrected chi connectivity index (χ4v) is 1.62. The van der Waals surface area contributed by atoms with Crippen LogP contribution >= 0.6 is 12.2 Å². The summed E-state index contributed by atoms with van der Waals surface area (Å²) in [4.78, 5) is 11.9. The molecule has 0 aliphatic heterocycles. The van der Waals surface area contributed by atoms with Crippen molar-refractivity contribution >= 4 is 23.1 Å². The summed E-state index contributed by atoms with van der Waals surface area (Å²) in [5.74, 6) is -0.00507. The van der Waals surface area contributed by atoms with Gasteiger partial charge in [0.1, 0.15) is 4.99 Å². The maximum absolute atomic E-state index is 11.5. The Kier molecular flexibility index (Phi) is 7.07. The van der Waals surface area contributed by atoms with E-state index in [1.165, 1.54) is 0 Å². The maximum atomic E-state index is 11.5. The van der Waals surface area contributed by atoms with Crippen molar-refractivity contribution in [2.24, 2.45) is 5.73 Å². The van der Waals surface area contributed by atoms with Crippen molar-refractivity contribution in [1.29, 1.82) is 0 Å². The zero-order valence-electron chi connectivity index (χ0n) is 11.1. The van der Waals surface area contributed by atoms with Gasteiger partial charge in [0.25, 0.3) is 0 Å². The number of thiocarbonyl (C=S) groups is 1. The summed E-state index contributed by atoms with van der Waals surface area (Å²) < 4.78 is 5.26. The second kappa shape index (κ2) is 8.61. The Labute approximate surface area is 119 Å². The van der Waals surface area contributed by atoms with Crippen LogP contribution in [0.2, 0.25) is 0 Å². The zero-order valence-corrected chi connectivity index (χ0v) is 12.0. The number of hydrogen-bond donors (Lipinski definition) is 2. The zero-order chi connectivity index (χ0) is 14.1. The second-order valence-corrected chi connectivity index (χ2v) is 4.64. The van der Waals surface area contributed by atoms with Gasteiger partial charge in [-0.15, -0.1) is 0 Å². The molecular weight excluding hydrogens is 260 g/mol. The lowest BCUT2D eigenvalue weighted by Crippen LogP contribution is -2.24. The van der Waals surface area contributed by atoms with Gasteiger partial charge in [0.15, 0.2) is 0 Å². The van der Waals surface area contributed by atoms with Crippen LogP contribution in [0.3, 0.4) is 0 Å². The standard InChI is InChI=1S/C14H20N2O2S/c1-2-8-18-9-7-13(17)16-10-11-3-5-12(6-4-11)14(15)19/h3-6H,2,7-10H2,1H3,(H2,15,19)(H,16,17). The van der Waals surface area contributed by atoms with Crippen molar-refractivity contribution in [3.63, 3.8) is 0 Å². The predicted octanol–water partition coefficient (Wildman–Crippen LogP) is 1.75. The summed E-state index contributed by atoms with van der Waals surface area (Å²) in [7, 11) is 0. The molecule has 0 saturated heterocycles. The average Bonchev–Trinajstić information content (AvgIpc) is 2.42. The van der Waals surface area contributed by atoms with Crippen molar-refractivity contribution < 1.29 is 9.53 Å². The molecule has 0 aliphatic carbocycles. The third-order valence-corrected chi connectivity index (χ3v) is 2.79. The molecule has 1 aromatic carbocycles. The van der Waals surface area contributed by atoms with Crippen LogP contribution in [0.5, 0.6) is 0 Å². The smallest absolute Gasteiger partial charge is 0.222 e. The summed E-state index contributed by atoms with van der Waals surface area (Å²) in [5, 5.41) is 2.84. The Bertz CT molecular complexity index is 418. The van der Waals surface area contributed by atoms with E-state index in [1.54, 1.807) is 0 Å². The molecule has 0 spiro atoms. The van der Waals surface area contributed by atoms with E-state index < -0.39 is 0 Å². The van der Waals surface area contributed by atoms with Gasteiger partial charge in [-0.25, -0.2) is 0 Å². The minimum Gasteiger partial charge on any atom is -0.389 e. The number of nitrogens with two attached hydrogens (primary N) is 1. The quantitative estimate of drug-likeness (QED) is 0.562. The summed E-state index contributed by atoms with van der Waals surface area (Å²) >= 11 is 4.87. The lowest BCUT2D eigenvalue weighted by Gasteiger charge is -2.06. The first-order valence-corrected chi connectivity index (χ1v) is 6.77. The Morgan fingerprint density at radius 3 is 2.58 bits per heavy atom. The van der Waals surface area contributed by atoms with Gasteiger partial charge in [-0.2, -0.15) is 0 Å². The highest BCUT2D eigenvalue weighted by Gasteiger charge is 2.02. The number of amides is 1. The second-order valence-electron chi connectivity index (χ2n) is 4.20. The molecule has 1 aromatic rings. The fourth-order valence-electron chi connectivity index (χ4n) is 1.49. The van der Waals surface area contributed by atoms with Crippen LogP contribution in [0.25, 0.3) is 0 Å². The van der Waals surface area contributed by atoms with Gasteiger partial charge in [-0.05, 0) is 12.0 Å². The van der Waals surface area contributed by atoms with E-state index in [9.17, 15) is 4.79 Å². The van der Waals surface area contributed by atoms with E-state index in [-0.39, 0.29) is 5.91 Å². The van der Waals surface area contributed by atoms with E-state index in [2.05, 4.69) is 5.32 Å². The first-order valence-electron chi connectivity index (χ1n) is 6.36. The van der Waals surface area contributed by atoms with Gasteiger partial charge < -0.3 is 15.8 Å². The molecule has 0 heterocycles. The van der Waals surface area contributed by atoms with E-state index >= 15 is 0 Å². The molecule has 3 N–H and O–H groups in total. The van der Waals surface area contributed by atoms with Crippen LogP contribution in [-0.2, 0) is 16.1 Å². The molecule has 4 nitrogen and oxygen atoms in total. The molecule has 1 amide bonds. The molecule has 0 bridgehead atoms. The van der Waals surface area contributed by atoms with Crippen molar-refractivity contribution in [2.75, 3.05) is 13.2 Å². The minimum absolute atomic E-state index is 0.00507. The van der Waals surface area contributed by atoms with Crippen molar-refractivity contribution in [3.05, 3.63) is 35.4 Å². The lowest BCUT2D eigenvalue weighted by molar-refractivity contribution is -0.122. The molecule has 1 rings (SSSR count). The van der Waals surface area contributed by atoms with Crippen molar-refractivity contribution in [3.8, 4) is 0 Å². The topological polar surface area (TPSA) is 64.3 Å². The first kappa shape index (κ1) is 15.6. The highest BCUT2D eigenvalue weighted by atomic mass is 32.1. The predicted molar refractivity (Wildman–Crippen MR) is 79.9 cm³/mol. The summed E-state index contributed by atoms with van der Waals surface area (Å²) in [6.45, 7) is 3.72. The summed E-state index contributed by atoms with van der Waals surface area (Å²) in [5.41, 5.74) is 7.36. The van der Waals surface area contributed by atoms with Gasteiger partial charge in [0, 0.05) is 25.1 Å². The Morgan fingerprint density at radius 1 is 1.32 bits per heavy atom. The summed E-state index contributed by atoms with van der Waals surface area (Å²) in [6.07, 6.45) is 1.36. The molecule has 0 saturated carbocycles.